The van der Waals surface area contributed by atoms with Crippen LogP contribution in [0.15, 0.2) is 22.8 Å². The summed E-state index contributed by atoms with van der Waals surface area (Å²) in [7, 11) is 1.55. The Labute approximate surface area is 98.1 Å². The number of carbonyl (C=O) groups excluding carboxylic acids is 1. The van der Waals surface area contributed by atoms with Gasteiger partial charge >= 0.3 is 5.97 Å². The van der Waals surface area contributed by atoms with Gasteiger partial charge in [0.15, 0.2) is 0 Å². The lowest BCUT2D eigenvalue weighted by molar-refractivity contribution is 0.0297. The van der Waals surface area contributed by atoms with Gasteiger partial charge in [-0.3, -0.25) is 0 Å². The fourth-order valence-electron chi connectivity index (χ4n) is 2.32. The average molecular weight is 232 g/mol. The lowest BCUT2D eigenvalue weighted by Gasteiger charge is -2.23. The number of esters is 1. The quantitative estimate of drug-likeness (QED) is 0.709. The molecule has 17 heavy (non-hydrogen) atoms. The maximum Gasteiger partial charge on any atom is 0.342 e. The van der Waals surface area contributed by atoms with Gasteiger partial charge in [0.2, 0.25) is 0 Å². The number of ether oxygens (including phenoxy) is 2. The van der Waals surface area contributed by atoms with E-state index in [-0.39, 0.29) is 12.1 Å². The monoisotopic (exact) mass is 232 g/mol. The normalized spacial score (nSPS) is 18.9. The van der Waals surface area contributed by atoms with Gasteiger partial charge in [0.1, 0.15) is 23.0 Å². The molecule has 1 unspecified atom stereocenters. The topological polar surface area (TPSA) is 48.7 Å². The highest BCUT2D eigenvalue weighted by Gasteiger charge is 2.29. The molecule has 0 N–H and O–H groups in total. The van der Waals surface area contributed by atoms with E-state index in [9.17, 15) is 4.79 Å². The molecule has 0 bridgehead atoms. The molecule has 0 radical (unpaired) electrons. The molecule has 1 aliphatic rings. The molecule has 0 saturated carbocycles. The minimum atomic E-state index is -0.321. The zero-order chi connectivity index (χ0) is 12.0. The number of hydrogen-bond acceptors (Lipinski definition) is 4. The van der Waals surface area contributed by atoms with E-state index in [4.69, 9.17) is 13.9 Å². The molecule has 1 aliphatic heterocycles. The van der Waals surface area contributed by atoms with E-state index in [0.29, 0.717) is 17.7 Å². The molecule has 2 heterocycles. The van der Waals surface area contributed by atoms with Gasteiger partial charge in [-0.1, -0.05) is 0 Å². The highest BCUT2D eigenvalue weighted by Crippen LogP contribution is 2.36. The zero-order valence-corrected chi connectivity index (χ0v) is 9.65. The van der Waals surface area contributed by atoms with E-state index < -0.39 is 0 Å². The van der Waals surface area contributed by atoms with Crippen LogP contribution in [0.4, 0.5) is 0 Å². The van der Waals surface area contributed by atoms with Gasteiger partial charge in [-0.05, 0) is 24.6 Å². The molecule has 0 spiro atoms. The van der Waals surface area contributed by atoms with Crippen LogP contribution in [0.3, 0.4) is 0 Å². The Morgan fingerprint density at radius 2 is 2.29 bits per heavy atom. The van der Waals surface area contributed by atoms with Crippen molar-refractivity contribution >= 4 is 16.9 Å². The van der Waals surface area contributed by atoms with Gasteiger partial charge in [-0.2, -0.15) is 0 Å². The Balaban J connectivity index is 2.34. The fourth-order valence-corrected chi connectivity index (χ4v) is 2.32. The molecule has 4 nitrogen and oxygen atoms in total. The zero-order valence-electron chi connectivity index (χ0n) is 9.65. The van der Waals surface area contributed by atoms with Crippen LogP contribution >= 0.6 is 0 Å². The van der Waals surface area contributed by atoms with Crippen LogP contribution in [0, 0.1) is 0 Å². The summed E-state index contributed by atoms with van der Waals surface area (Å²) in [6.45, 7) is 1.87. The summed E-state index contributed by atoms with van der Waals surface area (Å²) < 4.78 is 15.9. The van der Waals surface area contributed by atoms with Crippen molar-refractivity contribution in [1.82, 2.24) is 0 Å². The van der Waals surface area contributed by atoms with Crippen molar-refractivity contribution in [3.8, 4) is 5.75 Å². The standard InChI is InChI=1S/C13H12O4/c1-7-5-8-6-10-9(3-4-16-10)12(15-2)11(8)13(14)17-7/h3-4,6-7H,5H2,1-2H3. The van der Waals surface area contributed by atoms with Crippen molar-refractivity contribution in [2.24, 2.45) is 0 Å². The van der Waals surface area contributed by atoms with Gasteiger partial charge < -0.3 is 13.9 Å². The van der Waals surface area contributed by atoms with E-state index in [1.807, 2.05) is 13.0 Å². The lowest BCUT2D eigenvalue weighted by atomic mass is 9.96. The van der Waals surface area contributed by atoms with E-state index in [1.165, 1.54) is 0 Å². The summed E-state index contributed by atoms with van der Waals surface area (Å²) in [6, 6.07) is 3.68. The van der Waals surface area contributed by atoms with Gasteiger partial charge in [-0.15, -0.1) is 0 Å². The Morgan fingerprint density at radius 3 is 3.06 bits per heavy atom. The molecule has 1 aromatic carbocycles. The summed E-state index contributed by atoms with van der Waals surface area (Å²) in [4.78, 5) is 11.9. The Morgan fingerprint density at radius 1 is 1.47 bits per heavy atom. The Bertz CT molecular complexity index is 597. The first-order chi connectivity index (χ1) is 8.20. The minimum absolute atomic E-state index is 0.105. The van der Waals surface area contributed by atoms with Crippen molar-refractivity contribution in [2.45, 2.75) is 19.4 Å². The maximum atomic E-state index is 11.9. The van der Waals surface area contributed by atoms with E-state index >= 15 is 0 Å². The molecule has 0 amide bonds. The van der Waals surface area contributed by atoms with Crippen molar-refractivity contribution in [3.05, 3.63) is 29.5 Å². The Kier molecular flexibility index (Phi) is 2.11. The van der Waals surface area contributed by atoms with E-state index in [2.05, 4.69) is 0 Å². The third kappa shape index (κ3) is 1.40. The first-order valence-electron chi connectivity index (χ1n) is 5.48. The summed E-state index contributed by atoms with van der Waals surface area (Å²) in [6.07, 6.45) is 2.17. The van der Waals surface area contributed by atoms with Crippen molar-refractivity contribution in [2.75, 3.05) is 7.11 Å². The number of methoxy groups -OCH3 is 1. The molecular weight excluding hydrogens is 220 g/mol. The summed E-state index contributed by atoms with van der Waals surface area (Å²) >= 11 is 0. The van der Waals surface area contributed by atoms with Gasteiger partial charge in [0.25, 0.3) is 0 Å². The molecule has 0 saturated heterocycles. The molecule has 0 aliphatic carbocycles. The van der Waals surface area contributed by atoms with Crippen LogP contribution in [-0.2, 0) is 11.2 Å². The number of cyclic esters (lactones) is 1. The molecule has 1 atom stereocenters. The van der Waals surface area contributed by atoms with Crippen LogP contribution in [0.5, 0.6) is 5.75 Å². The smallest absolute Gasteiger partial charge is 0.342 e. The molecule has 4 heteroatoms. The van der Waals surface area contributed by atoms with Crippen LogP contribution in [0.25, 0.3) is 11.0 Å². The maximum absolute atomic E-state index is 11.9. The first kappa shape index (κ1) is 10.2. The summed E-state index contributed by atoms with van der Waals surface area (Å²) in [5, 5.41) is 0.803. The van der Waals surface area contributed by atoms with Gasteiger partial charge in [-0.25, -0.2) is 4.79 Å². The third-order valence-corrected chi connectivity index (χ3v) is 3.02. The number of furan rings is 1. The summed E-state index contributed by atoms with van der Waals surface area (Å²) in [5.74, 6) is 0.224. The summed E-state index contributed by atoms with van der Waals surface area (Å²) in [5.41, 5.74) is 2.19. The van der Waals surface area contributed by atoms with Crippen LogP contribution in [-0.4, -0.2) is 19.2 Å². The van der Waals surface area contributed by atoms with Crippen molar-refractivity contribution in [1.29, 1.82) is 0 Å². The average Bonchev–Trinajstić information content (AvgIpc) is 2.73. The predicted octanol–water partition coefficient (Wildman–Crippen LogP) is 2.54. The van der Waals surface area contributed by atoms with E-state index in [1.54, 1.807) is 19.4 Å². The van der Waals surface area contributed by atoms with Crippen LogP contribution in [0.1, 0.15) is 22.8 Å². The second kappa shape index (κ2) is 3.52. The second-order valence-corrected chi connectivity index (χ2v) is 4.20. The third-order valence-electron chi connectivity index (χ3n) is 3.02. The van der Waals surface area contributed by atoms with Crippen LogP contribution in [0.2, 0.25) is 0 Å². The number of carbonyl (C=O) groups is 1. The van der Waals surface area contributed by atoms with Crippen molar-refractivity contribution in [3.63, 3.8) is 0 Å². The SMILES string of the molecule is COc1c2c(cc3occc13)CC(C)OC2=O. The highest BCUT2D eigenvalue weighted by molar-refractivity contribution is 6.02. The molecular formula is C13H12O4. The minimum Gasteiger partial charge on any atom is -0.495 e. The molecule has 88 valence electrons. The predicted molar refractivity (Wildman–Crippen MR) is 61.3 cm³/mol. The molecule has 0 fully saturated rings. The van der Waals surface area contributed by atoms with Gasteiger partial charge in [0, 0.05) is 6.42 Å². The number of benzene rings is 1. The number of fused-ring (bicyclic) bond motifs is 2. The lowest BCUT2D eigenvalue weighted by Crippen LogP contribution is -2.25. The highest BCUT2D eigenvalue weighted by atomic mass is 16.5. The fraction of sp³-hybridized carbons (Fsp3) is 0.308. The van der Waals surface area contributed by atoms with Crippen LogP contribution < -0.4 is 4.74 Å². The first-order valence-corrected chi connectivity index (χ1v) is 5.48. The number of rotatable bonds is 1. The molecule has 3 rings (SSSR count). The molecule has 1 aromatic heterocycles. The van der Waals surface area contributed by atoms with Gasteiger partial charge in [0.05, 0.1) is 18.8 Å². The Hall–Kier alpha value is -1.97. The largest absolute Gasteiger partial charge is 0.495 e. The van der Waals surface area contributed by atoms with Crippen molar-refractivity contribution < 1.29 is 18.7 Å². The van der Waals surface area contributed by atoms with E-state index in [0.717, 1.165) is 16.5 Å². The molecule has 2 aromatic rings. The second-order valence-electron chi connectivity index (χ2n) is 4.20. The number of hydrogen-bond donors (Lipinski definition) is 0.